The summed E-state index contributed by atoms with van der Waals surface area (Å²) < 4.78 is 5.67. The highest BCUT2D eigenvalue weighted by atomic mass is 32.1. The molecule has 0 bridgehead atoms. The van der Waals surface area contributed by atoms with Crippen molar-refractivity contribution in [3.05, 3.63) is 82.2 Å². The Morgan fingerprint density at radius 1 is 1.03 bits per heavy atom. The minimum atomic E-state index is -0.0551. The van der Waals surface area contributed by atoms with Crippen molar-refractivity contribution in [3.63, 3.8) is 0 Å². The molecule has 4 nitrogen and oxygen atoms in total. The highest BCUT2D eigenvalue weighted by Gasteiger charge is 2.28. The van der Waals surface area contributed by atoms with E-state index in [-0.39, 0.29) is 11.9 Å². The van der Waals surface area contributed by atoms with Gasteiger partial charge in [0.05, 0.1) is 12.6 Å². The Morgan fingerprint density at radius 2 is 1.75 bits per heavy atom. The second-order valence-electron chi connectivity index (χ2n) is 8.17. The molecule has 1 aromatic heterocycles. The molecular weight excluding hydrogens is 416 g/mol. The fourth-order valence-electron chi connectivity index (χ4n) is 4.37. The molecule has 0 aliphatic carbocycles. The molecule has 2 heterocycles. The second-order valence-corrected chi connectivity index (χ2v) is 9.31. The summed E-state index contributed by atoms with van der Waals surface area (Å²) in [7, 11) is 0. The lowest BCUT2D eigenvalue weighted by molar-refractivity contribution is 0.102. The third kappa shape index (κ3) is 5.22. The van der Waals surface area contributed by atoms with E-state index in [0.29, 0.717) is 12.2 Å². The van der Waals surface area contributed by atoms with Crippen LogP contribution < -0.4 is 10.1 Å². The summed E-state index contributed by atoms with van der Waals surface area (Å²) in [5, 5.41) is 4.19. The van der Waals surface area contributed by atoms with Gasteiger partial charge in [0.15, 0.2) is 0 Å². The van der Waals surface area contributed by atoms with E-state index in [1.165, 1.54) is 35.3 Å². The summed E-state index contributed by atoms with van der Waals surface area (Å²) in [6, 6.07) is 20.3. The number of hydrogen-bond acceptors (Lipinski definition) is 4. The van der Waals surface area contributed by atoms with Crippen LogP contribution in [0.25, 0.3) is 0 Å². The first-order chi connectivity index (χ1) is 15.7. The third-order valence-corrected chi connectivity index (χ3v) is 7.19. The molecule has 1 unspecified atom stereocenters. The average Bonchev–Trinajstić information content (AvgIpc) is 3.24. The highest BCUT2D eigenvalue weighted by Crippen LogP contribution is 2.41. The van der Waals surface area contributed by atoms with Gasteiger partial charge < -0.3 is 10.1 Å². The molecule has 1 aliphatic heterocycles. The maximum atomic E-state index is 13.0. The maximum Gasteiger partial charge on any atom is 0.256 e. The van der Waals surface area contributed by atoms with E-state index in [1.54, 1.807) is 11.3 Å². The molecule has 1 N–H and O–H groups in total. The van der Waals surface area contributed by atoms with E-state index in [1.807, 2.05) is 37.3 Å². The Labute approximate surface area is 195 Å². The van der Waals surface area contributed by atoms with Crippen molar-refractivity contribution in [2.75, 3.05) is 25.0 Å². The van der Waals surface area contributed by atoms with Crippen LogP contribution in [-0.4, -0.2) is 30.5 Å². The SMILES string of the molecule is CCOc1ccc(C(c2cc(CC)sc2NC(=O)c2ccccc2)N2CCCCC2)cc1. The number of piperidine rings is 1. The molecule has 5 heteroatoms. The zero-order valence-electron chi connectivity index (χ0n) is 19.0. The monoisotopic (exact) mass is 448 g/mol. The zero-order chi connectivity index (χ0) is 22.3. The van der Waals surface area contributed by atoms with Crippen LogP contribution in [0.1, 0.15) is 65.5 Å². The first kappa shape index (κ1) is 22.6. The Hall–Kier alpha value is -2.63. The van der Waals surface area contributed by atoms with Gasteiger partial charge in [-0.3, -0.25) is 9.69 Å². The van der Waals surface area contributed by atoms with Crippen LogP contribution in [0, 0.1) is 0 Å². The fourth-order valence-corrected chi connectivity index (χ4v) is 5.40. The van der Waals surface area contributed by atoms with Crippen LogP contribution in [0.5, 0.6) is 5.75 Å². The number of hydrogen-bond donors (Lipinski definition) is 1. The number of likely N-dealkylation sites (tertiary alicyclic amines) is 1. The van der Waals surface area contributed by atoms with Crippen molar-refractivity contribution in [3.8, 4) is 5.75 Å². The molecule has 3 aromatic rings. The molecule has 32 heavy (non-hydrogen) atoms. The zero-order valence-corrected chi connectivity index (χ0v) is 19.8. The van der Waals surface area contributed by atoms with Crippen molar-refractivity contribution in [1.29, 1.82) is 0 Å². The number of amides is 1. The standard InChI is InChI=1S/C27H32N2O2S/c1-3-23-19-24(27(32-23)28-26(30)21-11-7-5-8-12-21)25(29-17-9-6-10-18-29)20-13-15-22(16-14-20)31-4-2/h5,7-8,11-16,19,25H,3-4,6,9-10,17-18H2,1-2H3,(H,28,30). The minimum absolute atomic E-state index is 0.0551. The lowest BCUT2D eigenvalue weighted by Crippen LogP contribution is -2.34. The molecule has 4 rings (SSSR count). The van der Waals surface area contributed by atoms with Crippen molar-refractivity contribution >= 4 is 22.2 Å². The van der Waals surface area contributed by atoms with Crippen LogP contribution in [0.15, 0.2) is 60.7 Å². The van der Waals surface area contributed by atoms with Gasteiger partial charge in [-0.15, -0.1) is 11.3 Å². The Kier molecular flexibility index (Phi) is 7.61. The number of carbonyl (C=O) groups excluding carboxylic acids is 1. The van der Waals surface area contributed by atoms with E-state index < -0.39 is 0 Å². The topological polar surface area (TPSA) is 41.6 Å². The number of benzene rings is 2. The largest absolute Gasteiger partial charge is 0.494 e. The van der Waals surface area contributed by atoms with E-state index in [9.17, 15) is 4.79 Å². The maximum absolute atomic E-state index is 13.0. The predicted octanol–water partition coefficient (Wildman–Crippen LogP) is 6.54. The van der Waals surface area contributed by atoms with Crippen LogP contribution in [-0.2, 0) is 6.42 Å². The molecule has 1 atom stereocenters. The first-order valence-corrected chi connectivity index (χ1v) is 12.5. The Bertz CT molecular complexity index is 1010. The van der Waals surface area contributed by atoms with E-state index in [4.69, 9.17) is 4.74 Å². The molecule has 2 aromatic carbocycles. The van der Waals surface area contributed by atoms with Crippen molar-refractivity contribution in [1.82, 2.24) is 4.90 Å². The number of rotatable bonds is 8. The van der Waals surface area contributed by atoms with Crippen molar-refractivity contribution in [2.24, 2.45) is 0 Å². The number of anilines is 1. The summed E-state index contributed by atoms with van der Waals surface area (Å²) in [4.78, 5) is 16.8. The summed E-state index contributed by atoms with van der Waals surface area (Å²) in [6.07, 6.45) is 4.66. The highest BCUT2D eigenvalue weighted by molar-refractivity contribution is 7.16. The number of nitrogens with one attached hydrogen (secondary N) is 1. The number of ether oxygens (including phenoxy) is 1. The van der Waals surface area contributed by atoms with Gasteiger partial charge in [0.25, 0.3) is 5.91 Å². The summed E-state index contributed by atoms with van der Waals surface area (Å²) >= 11 is 1.70. The van der Waals surface area contributed by atoms with Crippen molar-refractivity contribution in [2.45, 2.75) is 45.6 Å². The predicted molar refractivity (Wildman–Crippen MR) is 133 cm³/mol. The Morgan fingerprint density at radius 3 is 2.41 bits per heavy atom. The first-order valence-electron chi connectivity index (χ1n) is 11.7. The van der Waals surface area contributed by atoms with Gasteiger partial charge in [0.1, 0.15) is 10.8 Å². The average molecular weight is 449 g/mol. The molecule has 0 radical (unpaired) electrons. The number of thiophene rings is 1. The van der Waals surface area contributed by atoms with Crippen LogP contribution in [0.4, 0.5) is 5.00 Å². The number of carbonyl (C=O) groups is 1. The molecule has 1 amide bonds. The third-order valence-electron chi connectivity index (χ3n) is 5.98. The molecule has 1 aliphatic rings. The normalized spacial score (nSPS) is 15.3. The lowest BCUT2D eigenvalue weighted by atomic mass is 9.95. The smallest absolute Gasteiger partial charge is 0.256 e. The molecule has 1 fully saturated rings. The quantitative estimate of drug-likeness (QED) is 0.425. The van der Waals surface area contributed by atoms with Gasteiger partial charge in [-0.1, -0.05) is 43.7 Å². The number of nitrogens with zero attached hydrogens (tertiary/aromatic N) is 1. The summed E-state index contributed by atoms with van der Waals surface area (Å²) in [5.41, 5.74) is 3.12. The van der Waals surface area contributed by atoms with E-state index in [2.05, 4.69) is 47.5 Å². The van der Waals surface area contributed by atoms with Crippen molar-refractivity contribution < 1.29 is 9.53 Å². The molecule has 0 spiro atoms. The van der Waals surface area contributed by atoms with Crippen LogP contribution in [0.3, 0.4) is 0 Å². The van der Waals surface area contributed by atoms with Gasteiger partial charge in [-0.25, -0.2) is 0 Å². The summed E-state index contributed by atoms with van der Waals surface area (Å²) in [6.45, 7) is 6.98. The minimum Gasteiger partial charge on any atom is -0.494 e. The van der Waals surface area contributed by atoms with Gasteiger partial charge in [0, 0.05) is 16.0 Å². The van der Waals surface area contributed by atoms with Gasteiger partial charge >= 0.3 is 0 Å². The molecule has 168 valence electrons. The molecule has 1 saturated heterocycles. The van der Waals surface area contributed by atoms with E-state index in [0.717, 1.165) is 30.3 Å². The van der Waals surface area contributed by atoms with Crippen LogP contribution >= 0.6 is 11.3 Å². The second kappa shape index (κ2) is 10.8. The Balaban J connectivity index is 1.71. The fraction of sp³-hybridized carbons (Fsp3) is 0.370. The number of aryl methyl sites for hydroxylation is 1. The van der Waals surface area contributed by atoms with Gasteiger partial charge in [-0.05, 0) is 75.2 Å². The molecular formula is C27H32N2O2S. The molecule has 0 saturated carbocycles. The van der Waals surface area contributed by atoms with Crippen LogP contribution in [0.2, 0.25) is 0 Å². The lowest BCUT2D eigenvalue weighted by Gasteiger charge is -2.35. The van der Waals surface area contributed by atoms with E-state index >= 15 is 0 Å². The summed E-state index contributed by atoms with van der Waals surface area (Å²) in [5.74, 6) is 0.839. The van der Waals surface area contributed by atoms with Gasteiger partial charge in [0.2, 0.25) is 0 Å². The van der Waals surface area contributed by atoms with Gasteiger partial charge in [-0.2, -0.15) is 0 Å².